The summed E-state index contributed by atoms with van der Waals surface area (Å²) in [4.78, 5) is 18.1. The molecule has 27 heavy (non-hydrogen) atoms. The summed E-state index contributed by atoms with van der Waals surface area (Å²) in [5, 5.41) is 11.9. The second-order valence-electron chi connectivity index (χ2n) is 5.70. The number of nitrogens with zero attached hydrogens (tertiary/aromatic N) is 3. The van der Waals surface area contributed by atoms with Gasteiger partial charge in [-0.05, 0) is 34.9 Å². The molecule has 0 unspecified atom stereocenters. The van der Waals surface area contributed by atoms with Crippen molar-refractivity contribution in [1.29, 1.82) is 0 Å². The summed E-state index contributed by atoms with van der Waals surface area (Å²) in [7, 11) is 0. The third-order valence-corrected chi connectivity index (χ3v) is 5.10. The van der Waals surface area contributed by atoms with Crippen LogP contribution in [0.4, 0.5) is 5.82 Å². The van der Waals surface area contributed by atoms with Crippen LogP contribution in [0, 0.1) is 6.92 Å². The summed E-state index contributed by atoms with van der Waals surface area (Å²) >= 11 is 7.38. The van der Waals surface area contributed by atoms with E-state index >= 15 is 0 Å². The molecule has 0 aliphatic carbocycles. The Balaban J connectivity index is 1.65. The number of anilines is 1. The van der Waals surface area contributed by atoms with Crippen molar-refractivity contribution in [3.8, 4) is 21.7 Å². The number of hydrogen-bond acceptors (Lipinski definition) is 6. The first-order valence-corrected chi connectivity index (χ1v) is 9.24. The fourth-order valence-electron chi connectivity index (χ4n) is 2.60. The van der Waals surface area contributed by atoms with Gasteiger partial charge >= 0.3 is 0 Å². The van der Waals surface area contributed by atoms with Crippen LogP contribution in [0.25, 0.3) is 21.7 Å². The number of aryl methyl sites for hydroxylation is 1. The van der Waals surface area contributed by atoms with Crippen molar-refractivity contribution in [3.05, 3.63) is 70.3 Å². The van der Waals surface area contributed by atoms with E-state index < -0.39 is 0 Å². The maximum absolute atomic E-state index is 12.9. The van der Waals surface area contributed by atoms with Crippen LogP contribution >= 0.6 is 22.9 Å². The Bertz CT molecular complexity index is 1090. The highest BCUT2D eigenvalue weighted by atomic mass is 35.5. The van der Waals surface area contributed by atoms with E-state index in [1.807, 2.05) is 37.3 Å². The highest BCUT2D eigenvalue weighted by molar-refractivity contribution is 7.15. The van der Waals surface area contributed by atoms with E-state index in [1.54, 1.807) is 24.3 Å². The molecule has 0 bridgehead atoms. The zero-order chi connectivity index (χ0) is 18.8. The van der Waals surface area contributed by atoms with Gasteiger partial charge in [-0.3, -0.25) is 4.79 Å². The van der Waals surface area contributed by atoms with Crippen molar-refractivity contribution >= 4 is 34.7 Å². The molecule has 0 saturated carbocycles. The number of thiazole rings is 1. The number of amides is 1. The predicted molar refractivity (Wildman–Crippen MR) is 105 cm³/mol. The van der Waals surface area contributed by atoms with E-state index in [2.05, 4.69) is 20.6 Å². The highest BCUT2D eigenvalue weighted by Gasteiger charge is 2.22. The summed E-state index contributed by atoms with van der Waals surface area (Å²) < 4.78 is 4.82. The van der Waals surface area contributed by atoms with Crippen molar-refractivity contribution in [2.75, 3.05) is 5.32 Å². The Morgan fingerprint density at radius 1 is 1.04 bits per heavy atom. The second-order valence-corrected chi connectivity index (χ2v) is 7.34. The molecule has 2 heterocycles. The Labute approximate surface area is 163 Å². The van der Waals surface area contributed by atoms with E-state index in [4.69, 9.17) is 16.2 Å². The number of hydrogen-bond donors (Lipinski definition) is 1. The summed E-state index contributed by atoms with van der Waals surface area (Å²) in [6.07, 6.45) is 0. The molecule has 0 radical (unpaired) electrons. The topological polar surface area (TPSA) is 80.9 Å². The van der Waals surface area contributed by atoms with Crippen LogP contribution in [0.15, 0.2) is 59.2 Å². The molecule has 0 aliphatic heterocycles. The lowest BCUT2D eigenvalue weighted by Crippen LogP contribution is -2.14. The average molecular weight is 397 g/mol. The molecule has 2 aromatic carbocycles. The van der Waals surface area contributed by atoms with Gasteiger partial charge in [0, 0.05) is 10.6 Å². The molecule has 0 atom stereocenters. The summed E-state index contributed by atoms with van der Waals surface area (Å²) in [6, 6.07) is 16.7. The number of carbonyl (C=O) groups excluding carboxylic acids is 1. The minimum absolute atomic E-state index is 0.229. The van der Waals surface area contributed by atoms with Crippen LogP contribution in [0.2, 0.25) is 5.02 Å². The number of carbonyl (C=O) groups is 1. The Morgan fingerprint density at radius 3 is 2.52 bits per heavy atom. The molecular weight excluding hydrogens is 384 g/mol. The van der Waals surface area contributed by atoms with Gasteiger partial charge in [-0.2, -0.15) is 0 Å². The molecular formula is C19H13ClN4O2S. The minimum Gasteiger partial charge on any atom is -0.300 e. The van der Waals surface area contributed by atoms with E-state index in [9.17, 15) is 4.79 Å². The maximum Gasteiger partial charge on any atom is 0.277 e. The van der Waals surface area contributed by atoms with Crippen LogP contribution in [0.5, 0.6) is 0 Å². The van der Waals surface area contributed by atoms with Crippen molar-refractivity contribution in [3.63, 3.8) is 0 Å². The fourth-order valence-corrected chi connectivity index (χ4v) is 3.65. The quantitative estimate of drug-likeness (QED) is 0.520. The lowest BCUT2D eigenvalue weighted by molar-refractivity contribution is 0.102. The van der Waals surface area contributed by atoms with Gasteiger partial charge in [-0.25, -0.2) is 9.61 Å². The smallest absolute Gasteiger partial charge is 0.277 e. The van der Waals surface area contributed by atoms with Gasteiger partial charge in [0.15, 0.2) is 5.69 Å². The standard InChI is InChI=1S/C19H13ClN4O2S/c1-11-21-16(17(27-11)13-5-3-2-4-6-13)19(25)22-18-15(23-26-24-18)12-7-9-14(20)10-8-12/h2-10H,1H3,(H,22,24,25). The maximum atomic E-state index is 12.9. The molecule has 0 spiro atoms. The first kappa shape index (κ1) is 17.4. The van der Waals surface area contributed by atoms with Gasteiger partial charge in [-0.1, -0.05) is 54.1 Å². The number of rotatable bonds is 4. The molecule has 0 saturated heterocycles. The van der Waals surface area contributed by atoms with Gasteiger partial charge in [0.2, 0.25) is 5.82 Å². The van der Waals surface area contributed by atoms with Crippen molar-refractivity contribution < 1.29 is 9.42 Å². The molecule has 6 nitrogen and oxygen atoms in total. The monoisotopic (exact) mass is 396 g/mol. The number of aromatic nitrogens is 3. The van der Waals surface area contributed by atoms with E-state index in [0.717, 1.165) is 21.0 Å². The van der Waals surface area contributed by atoms with Crippen molar-refractivity contribution in [2.45, 2.75) is 6.92 Å². The van der Waals surface area contributed by atoms with Crippen molar-refractivity contribution in [1.82, 2.24) is 15.3 Å². The minimum atomic E-state index is -0.371. The molecule has 4 aromatic rings. The Kier molecular flexibility index (Phi) is 4.70. The van der Waals surface area contributed by atoms with Crippen LogP contribution in [-0.2, 0) is 0 Å². The van der Waals surface area contributed by atoms with E-state index in [0.29, 0.717) is 16.4 Å². The van der Waals surface area contributed by atoms with Gasteiger partial charge in [0.05, 0.1) is 9.88 Å². The largest absolute Gasteiger partial charge is 0.300 e. The number of nitrogens with one attached hydrogen (secondary N) is 1. The normalized spacial score (nSPS) is 10.7. The summed E-state index contributed by atoms with van der Waals surface area (Å²) in [6.45, 7) is 1.87. The Morgan fingerprint density at radius 2 is 1.78 bits per heavy atom. The lowest BCUT2D eigenvalue weighted by atomic mass is 10.1. The van der Waals surface area contributed by atoms with E-state index in [1.165, 1.54) is 11.3 Å². The third kappa shape index (κ3) is 3.60. The molecule has 134 valence electrons. The first-order chi connectivity index (χ1) is 13.1. The van der Waals surface area contributed by atoms with E-state index in [-0.39, 0.29) is 11.7 Å². The van der Waals surface area contributed by atoms with Gasteiger partial charge in [0.1, 0.15) is 5.69 Å². The van der Waals surface area contributed by atoms with Crippen molar-refractivity contribution in [2.24, 2.45) is 0 Å². The lowest BCUT2D eigenvalue weighted by Gasteiger charge is -2.04. The molecule has 8 heteroatoms. The molecule has 0 fully saturated rings. The van der Waals surface area contributed by atoms with Crippen LogP contribution < -0.4 is 5.32 Å². The van der Waals surface area contributed by atoms with Crippen LogP contribution in [0.1, 0.15) is 15.5 Å². The number of halogens is 1. The summed E-state index contributed by atoms with van der Waals surface area (Å²) in [5.41, 5.74) is 2.43. The second kappa shape index (κ2) is 7.30. The molecule has 2 aromatic heterocycles. The van der Waals surface area contributed by atoms with Crippen LogP contribution in [0.3, 0.4) is 0 Å². The average Bonchev–Trinajstić information content (AvgIpc) is 3.30. The van der Waals surface area contributed by atoms with Gasteiger partial charge in [-0.15, -0.1) is 11.3 Å². The zero-order valence-electron chi connectivity index (χ0n) is 14.1. The Hall–Kier alpha value is -3.03. The first-order valence-electron chi connectivity index (χ1n) is 8.04. The predicted octanol–water partition coefficient (Wildman–Crippen LogP) is 5.07. The molecule has 1 amide bonds. The van der Waals surface area contributed by atoms with Gasteiger partial charge in [0.25, 0.3) is 5.91 Å². The van der Waals surface area contributed by atoms with Crippen LogP contribution in [-0.4, -0.2) is 21.2 Å². The highest BCUT2D eigenvalue weighted by Crippen LogP contribution is 2.31. The fraction of sp³-hybridized carbons (Fsp3) is 0.0526. The SMILES string of the molecule is Cc1nc(C(=O)Nc2nonc2-c2ccc(Cl)cc2)c(-c2ccccc2)s1. The number of benzene rings is 2. The van der Waals surface area contributed by atoms with Gasteiger partial charge < -0.3 is 5.32 Å². The molecule has 1 N–H and O–H groups in total. The molecule has 4 rings (SSSR count). The molecule has 0 aliphatic rings. The summed E-state index contributed by atoms with van der Waals surface area (Å²) in [5.74, 6) is -0.142. The third-order valence-electron chi connectivity index (χ3n) is 3.82. The zero-order valence-corrected chi connectivity index (χ0v) is 15.7.